The predicted molar refractivity (Wildman–Crippen MR) is 129 cm³/mol. The molecule has 0 bridgehead atoms. The molecule has 2 atom stereocenters. The first-order valence-electron chi connectivity index (χ1n) is 11.2. The van der Waals surface area contributed by atoms with E-state index in [0.717, 1.165) is 48.2 Å². The van der Waals surface area contributed by atoms with Gasteiger partial charge in [0.2, 0.25) is 0 Å². The van der Waals surface area contributed by atoms with Crippen LogP contribution in [0.2, 0.25) is 0 Å². The van der Waals surface area contributed by atoms with E-state index in [9.17, 15) is 0 Å². The molecule has 32 heavy (non-hydrogen) atoms. The molecule has 2 unspecified atom stereocenters. The lowest BCUT2D eigenvalue weighted by molar-refractivity contribution is 0.0938. The number of aromatic nitrogens is 4. The quantitative estimate of drug-likeness (QED) is 0.380. The SMILES string of the molecule is Cc1cccc(CSc2nnc(C(N)Cc3c[nH]c4ccccc34)n2CC2CCCO2)c1. The second-order valence-corrected chi connectivity index (χ2v) is 9.48. The first-order valence-corrected chi connectivity index (χ1v) is 12.2. The van der Waals surface area contributed by atoms with E-state index in [4.69, 9.17) is 10.5 Å². The van der Waals surface area contributed by atoms with Gasteiger partial charge in [-0.25, -0.2) is 0 Å². The van der Waals surface area contributed by atoms with Gasteiger partial charge in [0.05, 0.1) is 18.7 Å². The predicted octanol–water partition coefficient (Wildman–Crippen LogP) is 4.78. The Kier molecular flexibility index (Phi) is 6.30. The molecule has 2 aromatic heterocycles. The first-order chi connectivity index (χ1) is 15.7. The lowest BCUT2D eigenvalue weighted by Gasteiger charge is -2.17. The van der Waals surface area contributed by atoms with E-state index in [1.54, 1.807) is 11.8 Å². The minimum atomic E-state index is -0.239. The molecule has 2 aromatic carbocycles. The van der Waals surface area contributed by atoms with Gasteiger partial charge in [0.15, 0.2) is 11.0 Å². The summed E-state index contributed by atoms with van der Waals surface area (Å²) in [5.41, 5.74) is 11.6. The summed E-state index contributed by atoms with van der Waals surface area (Å²) in [4.78, 5) is 3.34. The van der Waals surface area contributed by atoms with Crippen molar-refractivity contribution in [3.63, 3.8) is 0 Å². The van der Waals surface area contributed by atoms with E-state index >= 15 is 0 Å². The molecule has 7 heteroatoms. The number of nitrogens with one attached hydrogen (secondary N) is 1. The number of para-hydroxylation sites is 1. The molecule has 3 N–H and O–H groups in total. The molecule has 166 valence electrons. The van der Waals surface area contributed by atoms with Crippen LogP contribution in [0.25, 0.3) is 10.9 Å². The van der Waals surface area contributed by atoms with Crippen molar-refractivity contribution in [1.82, 2.24) is 19.7 Å². The number of aryl methyl sites for hydroxylation is 1. The standard InChI is InChI=1S/C25H29N5OS/c1-17-6-4-7-18(12-17)16-32-25-29-28-24(30(25)15-20-8-5-11-31-20)22(26)13-19-14-27-23-10-3-2-9-21(19)23/h2-4,6-7,9-10,12,14,20,22,27H,5,8,11,13,15-16,26H2,1H3. The zero-order valence-corrected chi connectivity index (χ0v) is 19.1. The molecule has 1 aliphatic heterocycles. The summed E-state index contributed by atoms with van der Waals surface area (Å²) < 4.78 is 8.12. The normalized spacial score (nSPS) is 17.2. The molecule has 3 heterocycles. The Balaban J connectivity index is 1.38. The highest BCUT2D eigenvalue weighted by Crippen LogP contribution is 2.28. The monoisotopic (exact) mass is 447 g/mol. The topological polar surface area (TPSA) is 81.8 Å². The van der Waals surface area contributed by atoms with Gasteiger partial charge in [0, 0.05) is 29.5 Å². The fourth-order valence-corrected chi connectivity index (χ4v) is 5.32. The van der Waals surface area contributed by atoms with Crippen LogP contribution in [-0.2, 0) is 23.5 Å². The molecule has 1 saturated heterocycles. The number of nitrogens with zero attached hydrogens (tertiary/aromatic N) is 3. The van der Waals surface area contributed by atoms with Crippen LogP contribution in [-0.4, -0.2) is 32.5 Å². The van der Waals surface area contributed by atoms with Gasteiger partial charge in [0.25, 0.3) is 0 Å². The van der Waals surface area contributed by atoms with Crippen molar-refractivity contribution in [3.8, 4) is 0 Å². The van der Waals surface area contributed by atoms with Crippen LogP contribution in [0.1, 0.15) is 41.4 Å². The van der Waals surface area contributed by atoms with Crippen LogP contribution in [0, 0.1) is 6.92 Å². The number of hydrogen-bond donors (Lipinski definition) is 2. The zero-order valence-electron chi connectivity index (χ0n) is 18.3. The zero-order chi connectivity index (χ0) is 21.9. The minimum absolute atomic E-state index is 0.198. The van der Waals surface area contributed by atoms with Crippen LogP contribution in [0.15, 0.2) is 59.9 Å². The highest BCUT2D eigenvalue weighted by atomic mass is 32.2. The van der Waals surface area contributed by atoms with Crippen LogP contribution >= 0.6 is 11.8 Å². The number of rotatable bonds is 8. The average molecular weight is 448 g/mol. The van der Waals surface area contributed by atoms with Gasteiger partial charge in [-0.2, -0.15) is 0 Å². The average Bonchev–Trinajstić information content (AvgIpc) is 3.54. The maximum atomic E-state index is 6.71. The largest absolute Gasteiger partial charge is 0.376 e. The Bertz CT molecular complexity index is 1190. The third-order valence-corrected chi connectivity index (χ3v) is 7.09. The second kappa shape index (κ2) is 9.48. The number of hydrogen-bond acceptors (Lipinski definition) is 5. The van der Waals surface area contributed by atoms with Crippen molar-refractivity contribution < 1.29 is 4.74 Å². The summed E-state index contributed by atoms with van der Waals surface area (Å²) in [7, 11) is 0. The summed E-state index contributed by atoms with van der Waals surface area (Å²) in [6.45, 7) is 3.70. The van der Waals surface area contributed by atoms with Crippen molar-refractivity contribution in [2.45, 2.75) is 55.8 Å². The molecule has 1 fully saturated rings. The lowest BCUT2D eigenvalue weighted by Crippen LogP contribution is -2.23. The third kappa shape index (κ3) is 4.60. The number of benzene rings is 2. The Hall–Kier alpha value is -2.61. The van der Waals surface area contributed by atoms with Gasteiger partial charge in [-0.3, -0.25) is 0 Å². The van der Waals surface area contributed by atoms with Crippen LogP contribution < -0.4 is 5.73 Å². The number of ether oxygens (including phenoxy) is 1. The van der Waals surface area contributed by atoms with Gasteiger partial charge in [0.1, 0.15) is 0 Å². The van der Waals surface area contributed by atoms with Crippen molar-refractivity contribution in [2.24, 2.45) is 5.73 Å². The van der Waals surface area contributed by atoms with E-state index in [0.29, 0.717) is 6.42 Å². The Morgan fingerprint density at radius 3 is 2.97 bits per heavy atom. The van der Waals surface area contributed by atoms with E-state index < -0.39 is 0 Å². The molecule has 0 radical (unpaired) electrons. The highest BCUT2D eigenvalue weighted by molar-refractivity contribution is 7.98. The van der Waals surface area contributed by atoms with E-state index in [2.05, 4.69) is 75.3 Å². The van der Waals surface area contributed by atoms with E-state index in [-0.39, 0.29) is 12.1 Å². The van der Waals surface area contributed by atoms with Crippen molar-refractivity contribution in [1.29, 1.82) is 0 Å². The van der Waals surface area contributed by atoms with Crippen molar-refractivity contribution >= 4 is 22.7 Å². The summed E-state index contributed by atoms with van der Waals surface area (Å²) in [5.74, 6) is 1.68. The molecular weight excluding hydrogens is 418 g/mol. The van der Waals surface area contributed by atoms with Gasteiger partial charge >= 0.3 is 0 Å². The van der Waals surface area contributed by atoms with Crippen LogP contribution in [0.4, 0.5) is 0 Å². The number of H-pyrrole nitrogens is 1. The minimum Gasteiger partial charge on any atom is -0.376 e. The Morgan fingerprint density at radius 2 is 2.12 bits per heavy atom. The molecule has 1 aliphatic rings. The van der Waals surface area contributed by atoms with Crippen LogP contribution in [0.5, 0.6) is 0 Å². The van der Waals surface area contributed by atoms with Gasteiger partial charge in [-0.05, 0) is 43.4 Å². The Labute approximate surface area is 192 Å². The van der Waals surface area contributed by atoms with Crippen LogP contribution in [0.3, 0.4) is 0 Å². The molecule has 4 aromatic rings. The van der Waals surface area contributed by atoms with E-state index in [1.165, 1.54) is 22.1 Å². The molecule has 0 saturated carbocycles. The second-order valence-electron chi connectivity index (χ2n) is 8.53. The first kappa shape index (κ1) is 21.2. The molecule has 0 amide bonds. The van der Waals surface area contributed by atoms with E-state index in [1.807, 2.05) is 6.07 Å². The van der Waals surface area contributed by atoms with Gasteiger partial charge in [-0.15, -0.1) is 10.2 Å². The number of aromatic amines is 1. The summed E-state index contributed by atoms with van der Waals surface area (Å²) in [5, 5.41) is 11.2. The smallest absolute Gasteiger partial charge is 0.191 e. The molecule has 6 nitrogen and oxygen atoms in total. The van der Waals surface area contributed by atoms with Crippen molar-refractivity contribution in [3.05, 3.63) is 77.2 Å². The molecule has 0 spiro atoms. The lowest BCUT2D eigenvalue weighted by atomic mass is 10.0. The molecular formula is C25H29N5OS. The Morgan fingerprint density at radius 1 is 1.22 bits per heavy atom. The maximum absolute atomic E-state index is 6.71. The van der Waals surface area contributed by atoms with Gasteiger partial charge < -0.3 is 20.0 Å². The summed E-state index contributed by atoms with van der Waals surface area (Å²) >= 11 is 1.71. The summed E-state index contributed by atoms with van der Waals surface area (Å²) in [6.07, 6.45) is 5.13. The fourth-order valence-electron chi connectivity index (χ4n) is 4.42. The third-order valence-electron chi connectivity index (χ3n) is 6.05. The highest BCUT2D eigenvalue weighted by Gasteiger charge is 2.24. The van der Waals surface area contributed by atoms with Gasteiger partial charge in [-0.1, -0.05) is 59.8 Å². The molecule has 0 aliphatic carbocycles. The summed E-state index contributed by atoms with van der Waals surface area (Å²) in [6, 6.07) is 16.7. The number of thioether (sulfide) groups is 1. The maximum Gasteiger partial charge on any atom is 0.191 e. The molecule has 5 rings (SSSR count). The number of fused-ring (bicyclic) bond motifs is 1. The van der Waals surface area contributed by atoms with Crippen molar-refractivity contribution in [2.75, 3.05) is 6.61 Å². The number of nitrogens with two attached hydrogens (primary N) is 1. The fraction of sp³-hybridized carbons (Fsp3) is 0.360.